The number of nitrogens with zero attached hydrogens (tertiary/aromatic N) is 3. The van der Waals surface area contributed by atoms with Crippen LogP contribution in [0.2, 0.25) is 10.0 Å². The summed E-state index contributed by atoms with van der Waals surface area (Å²) in [5.74, 6) is 0.362. The van der Waals surface area contributed by atoms with E-state index in [-0.39, 0.29) is 22.8 Å². The number of aromatic nitrogens is 2. The molecule has 196 valence electrons. The average molecular weight is 560 g/mol. The van der Waals surface area contributed by atoms with Gasteiger partial charge in [0, 0.05) is 23.2 Å². The van der Waals surface area contributed by atoms with E-state index in [4.69, 9.17) is 32.4 Å². The number of hydrogen-bond donors (Lipinski definition) is 0. The Morgan fingerprint density at radius 1 is 0.974 bits per heavy atom. The summed E-state index contributed by atoms with van der Waals surface area (Å²) in [6, 6.07) is 24.9. The third kappa shape index (κ3) is 5.46. The van der Waals surface area contributed by atoms with Crippen molar-refractivity contribution in [2.24, 2.45) is 12.0 Å². The second-order valence-electron chi connectivity index (χ2n) is 8.73. The van der Waals surface area contributed by atoms with Gasteiger partial charge in [-0.15, -0.1) is 0 Å². The summed E-state index contributed by atoms with van der Waals surface area (Å²) in [5, 5.41) is 0.769. The zero-order valence-corrected chi connectivity index (χ0v) is 22.6. The number of aliphatic imine (C=N–C) groups is 1. The minimum Gasteiger partial charge on any atom is -0.457 e. The molecule has 7 nitrogen and oxygen atoms in total. The lowest BCUT2D eigenvalue weighted by Gasteiger charge is -2.09. The summed E-state index contributed by atoms with van der Waals surface area (Å²) in [5.41, 5.74) is 3.07. The molecule has 2 aromatic heterocycles. The highest BCUT2D eigenvalue weighted by atomic mass is 35.5. The SMILES string of the molecule is Cc1c(N=Cc2ccc(-c3ccc(Cl)c(C(=O)OCc4ccccc4Cl)c3)o2)c(=O)n(-c2ccccc2)n1C. The number of rotatable bonds is 7. The van der Waals surface area contributed by atoms with Crippen LogP contribution >= 0.6 is 23.2 Å². The molecule has 0 radical (unpaired) electrons. The van der Waals surface area contributed by atoms with Gasteiger partial charge in [-0.1, -0.05) is 59.6 Å². The number of carbonyl (C=O) groups is 1. The van der Waals surface area contributed by atoms with Gasteiger partial charge in [-0.05, 0) is 55.5 Å². The Bertz CT molecular complexity index is 1750. The quantitative estimate of drug-likeness (QED) is 0.156. The maximum Gasteiger partial charge on any atom is 0.340 e. The number of esters is 1. The van der Waals surface area contributed by atoms with E-state index in [1.807, 2.05) is 50.4 Å². The van der Waals surface area contributed by atoms with E-state index >= 15 is 0 Å². The van der Waals surface area contributed by atoms with E-state index < -0.39 is 5.97 Å². The minimum atomic E-state index is -0.579. The third-order valence-electron chi connectivity index (χ3n) is 6.26. The smallest absolute Gasteiger partial charge is 0.340 e. The van der Waals surface area contributed by atoms with Crippen LogP contribution in [0.25, 0.3) is 17.0 Å². The van der Waals surface area contributed by atoms with E-state index in [0.717, 1.165) is 5.69 Å². The lowest BCUT2D eigenvalue weighted by atomic mass is 10.1. The Morgan fingerprint density at radius 3 is 2.49 bits per heavy atom. The largest absolute Gasteiger partial charge is 0.457 e. The molecule has 39 heavy (non-hydrogen) atoms. The van der Waals surface area contributed by atoms with Crippen molar-refractivity contribution >= 4 is 41.1 Å². The first kappa shape index (κ1) is 26.3. The van der Waals surface area contributed by atoms with E-state index in [2.05, 4.69) is 4.99 Å². The van der Waals surface area contributed by atoms with Crippen molar-refractivity contribution < 1.29 is 13.9 Å². The molecule has 3 aromatic carbocycles. The maximum atomic E-state index is 13.1. The summed E-state index contributed by atoms with van der Waals surface area (Å²) in [6.45, 7) is 1.85. The second-order valence-corrected chi connectivity index (χ2v) is 9.55. The summed E-state index contributed by atoms with van der Waals surface area (Å²) in [6.07, 6.45) is 1.50. The van der Waals surface area contributed by atoms with Crippen LogP contribution in [0.1, 0.15) is 27.4 Å². The van der Waals surface area contributed by atoms with E-state index in [1.165, 1.54) is 6.21 Å². The summed E-state index contributed by atoms with van der Waals surface area (Å²) >= 11 is 12.4. The Kier molecular flexibility index (Phi) is 7.54. The number of para-hydroxylation sites is 1. The highest BCUT2D eigenvalue weighted by Crippen LogP contribution is 2.28. The molecular weight excluding hydrogens is 537 g/mol. The maximum absolute atomic E-state index is 13.1. The van der Waals surface area contributed by atoms with Crippen molar-refractivity contribution in [3.05, 3.63) is 128 Å². The first-order chi connectivity index (χ1) is 18.8. The van der Waals surface area contributed by atoms with Gasteiger partial charge in [-0.25, -0.2) is 14.5 Å². The Hall–Kier alpha value is -4.33. The van der Waals surface area contributed by atoms with Gasteiger partial charge in [-0.2, -0.15) is 0 Å². The van der Waals surface area contributed by atoms with Crippen molar-refractivity contribution in [1.82, 2.24) is 9.36 Å². The van der Waals surface area contributed by atoms with Crippen molar-refractivity contribution in [2.75, 3.05) is 0 Å². The van der Waals surface area contributed by atoms with Gasteiger partial charge in [0.1, 0.15) is 18.1 Å². The predicted molar refractivity (Wildman–Crippen MR) is 153 cm³/mol. The fraction of sp³-hybridized carbons (Fsp3) is 0.100. The molecule has 5 aromatic rings. The summed E-state index contributed by atoms with van der Waals surface area (Å²) < 4.78 is 14.7. The average Bonchev–Trinajstić information content (AvgIpc) is 3.50. The molecule has 2 heterocycles. The molecule has 0 aliphatic rings. The van der Waals surface area contributed by atoms with Crippen LogP contribution in [0.5, 0.6) is 0 Å². The highest BCUT2D eigenvalue weighted by molar-refractivity contribution is 6.33. The van der Waals surface area contributed by atoms with E-state index in [0.29, 0.717) is 39.1 Å². The molecule has 0 N–H and O–H groups in total. The van der Waals surface area contributed by atoms with Crippen LogP contribution in [0.3, 0.4) is 0 Å². The van der Waals surface area contributed by atoms with Crippen molar-refractivity contribution in [1.29, 1.82) is 0 Å². The minimum absolute atomic E-state index is 0.0192. The molecule has 0 saturated carbocycles. The normalized spacial score (nSPS) is 11.3. The molecule has 0 unspecified atom stereocenters. The fourth-order valence-electron chi connectivity index (χ4n) is 4.08. The van der Waals surface area contributed by atoms with Crippen molar-refractivity contribution in [2.45, 2.75) is 13.5 Å². The fourth-order valence-corrected chi connectivity index (χ4v) is 4.46. The number of halogens is 2. The molecule has 5 rings (SSSR count). The van der Waals surface area contributed by atoms with Gasteiger partial charge in [0.2, 0.25) is 0 Å². The zero-order chi connectivity index (χ0) is 27.5. The van der Waals surface area contributed by atoms with Gasteiger partial charge < -0.3 is 9.15 Å². The molecule has 0 fully saturated rings. The van der Waals surface area contributed by atoms with Gasteiger partial charge in [0.15, 0.2) is 5.69 Å². The van der Waals surface area contributed by atoms with E-state index in [9.17, 15) is 9.59 Å². The number of carbonyl (C=O) groups excluding carboxylic acids is 1. The van der Waals surface area contributed by atoms with Gasteiger partial charge >= 0.3 is 5.97 Å². The molecule has 0 amide bonds. The third-order valence-corrected chi connectivity index (χ3v) is 6.96. The number of furan rings is 1. The molecule has 0 aliphatic carbocycles. The molecule has 0 spiro atoms. The van der Waals surface area contributed by atoms with Gasteiger partial charge in [-0.3, -0.25) is 9.48 Å². The topological polar surface area (TPSA) is 78.7 Å². The molecular formula is C30H23Cl2N3O4. The first-order valence-corrected chi connectivity index (χ1v) is 12.8. The first-order valence-electron chi connectivity index (χ1n) is 12.0. The van der Waals surface area contributed by atoms with Crippen LogP contribution in [-0.4, -0.2) is 21.5 Å². The second kappa shape index (κ2) is 11.2. The Labute approximate surface area is 234 Å². The monoisotopic (exact) mass is 559 g/mol. The number of benzene rings is 3. The van der Waals surface area contributed by atoms with E-state index in [1.54, 1.807) is 57.9 Å². The standard InChI is InChI=1S/C30H23Cl2N3O4/c1-19-28(29(36)35(34(19)2)22-9-4-3-5-10-22)33-17-23-13-15-27(39-23)20-12-14-26(32)24(16-20)30(37)38-18-21-8-6-7-11-25(21)31/h3-17H,18H2,1-2H3. The van der Waals surface area contributed by atoms with Gasteiger partial charge in [0.25, 0.3) is 5.56 Å². The lowest BCUT2D eigenvalue weighted by molar-refractivity contribution is 0.0473. The molecule has 0 atom stereocenters. The van der Waals surface area contributed by atoms with Crippen molar-refractivity contribution in [3.63, 3.8) is 0 Å². The molecule has 0 saturated heterocycles. The number of hydrogen-bond acceptors (Lipinski definition) is 5. The lowest BCUT2D eigenvalue weighted by Crippen LogP contribution is -2.19. The van der Waals surface area contributed by atoms with Crippen LogP contribution in [0.4, 0.5) is 5.69 Å². The molecule has 0 bridgehead atoms. The summed E-state index contributed by atoms with van der Waals surface area (Å²) in [4.78, 5) is 30.3. The summed E-state index contributed by atoms with van der Waals surface area (Å²) in [7, 11) is 1.81. The highest BCUT2D eigenvalue weighted by Gasteiger charge is 2.17. The predicted octanol–water partition coefficient (Wildman–Crippen LogP) is 7.16. The van der Waals surface area contributed by atoms with Crippen molar-refractivity contribution in [3.8, 4) is 17.0 Å². The molecule has 9 heteroatoms. The Balaban J connectivity index is 1.36. The van der Waals surface area contributed by atoms with Crippen LogP contribution in [0.15, 0.2) is 99.1 Å². The van der Waals surface area contributed by atoms with Crippen LogP contribution < -0.4 is 5.56 Å². The molecule has 0 aliphatic heterocycles. The van der Waals surface area contributed by atoms with Crippen LogP contribution in [-0.2, 0) is 18.4 Å². The Morgan fingerprint density at radius 2 is 1.72 bits per heavy atom. The van der Waals surface area contributed by atoms with Gasteiger partial charge in [0.05, 0.1) is 28.2 Å². The number of ether oxygens (including phenoxy) is 1. The zero-order valence-electron chi connectivity index (χ0n) is 21.1. The van der Waals surface area contributed by atoms with Crippen LogP contribution in [0, 0.1) is 6.92 Å².